The molecule has 0 fully saturated rings. The molecule has 1 nitrogen and oxygen atoms in total. The molecule has 0 unspecified atom stereocenters. The van der Waals surface area contributed by atoms with Crippen LogP contribution in [-0.2, 0) is 0 Å². The van der Waals surface area contributed by atoms with Gasteiger partial charge >= 0.3 is 0 Å². The molecule has 0 amide bonds. The minimum Gasteiger partial charge on any atom is -0.455 e. The van der Waals surface area contributed by atoms with Gasteiger partial charge in [0.05, 0.1) is 34.3 Å². The normalized spacial score (nSPS) is 18.8. The fourth-order valence-corrected chi connectivity index (χ4v) is 6.24. The van der Waals surface area contributed by atoms with E-state index in [0.29, 0.717) is 0 Å². The molecule has 0 aliphatic heterocycles. The molecule has 0 aliphatic carbocycles. The first-order valence-corrected chi connectivity index (χ1v) is 14.8. The molecule has 1 heterocycles. The lowest BCUT2D eigenvalue weighted by atomic mass is 9.84. The molecule has 0 atom stereocenters. The SMILES string of the molecule is [2H]c1c([2H])c([2H])c(-c2c([2H])c([2H])c3oc(-c4c([2H])c5c([2H])c([2H])c([2H])c([2H])c5c5c([2H])c([2H])c([2H])c([2H])c45)c(-c4c5c([2H])c([2H])c([2H])c([2H])c5c(-c5ccccc5)c5c([2H])c([2H])c([2H])c([2H])c45)c3c2[2H])c([2H])c1[2H]. The Bertz CT molecular complexity index is 4190. The molecule has 0 spiro atoms. The number of furan rings is 1. The summed E-state index contributed by atoms with van der Waals surface area (Å²) in [5.41, 5.74) is -4.27. The lowest BCUT2D eigenvalue weighted by Crippen LogP contribution is -1.92. The van der Waals surface area contributed by atoms with Crippen molar-refractivity contribution < 1.29 is 38.7 Å². The maximum Gasteiger partial charge on any atom is 0.143 e. The van der Waals surface area contributed by atoms with E-state index in [4.69, 9.17) is 25.0 Å². The second kappa shape index (κ2) is 11.1. The van der Waals surface area contributed by atoms with Crippen LogP contribution >= 0.6 is 0 Å². The van der Waals surface area contributed by atoms with Gasteiger partial charge in [-0.1, -0.05) is 163 Å². The quantitative estimate of drug-likeness (QED) is 0.137. The van der Waals surface area contributed by atoms with E-state index in [-0.39, 0.29) is 21.9 Å². The van der Waals surface area contributed by atoms with Crippen LogP contribution < -0.4 is 0 Å². The largest absolute Gasteiger partial charge is 0.455 e. The Hall–Kier alpha value is -6.44. The predicted octanol–water partition coefficient (Wildman–Crippen LogP) is 13.7. The van der Waals surface area contributed by atoms with Crippen molar-refractivity contribution in [1.82, 2.24) is 0 Å². The van der Waals surface area contributed by atoms with Gasteiger partial charge in [-0.3, -0.25) is 0 Å². The fourth-order valence-electron chi connectivity index (χ4n) is 6.24. The summed E-state index contributed by atoms with van der Waals surface area (Å²) in [5, 5.41) is -4.87. The molecule has 0 bridgehead atoms. The van der Waals surface area contributed by atoms with Crippen molar-refractivity contribution >= 4 is 54.1 Å². The Labute approximate surface area is 319 Å². The van der Waals surface area contributed by atoms with E-state index in [1.807, 2.05) is 0 Å². The number of hydrogen-bond acceptors (Lipinski definition) is 1. The topological polar surface area (TPSA) is 13.1 Å². The third kappa shape index (κ3) is 4.33. The van der Waals surface area contributed by atoms with Gasteiger partial charge in [-0.25, -0.2) is 0 Å². The molecule has 9 aromatic carbocycles. The van der Waals surface area contributed by atoms with Crippen LogP contribution in [0.4, 0.5) is 0 Å². The minimum absolute atomic E-state index is 0.129. The Morgan fingerprint density at radius 3 is 1.63 bits per heavy atom. The van der Waals surface area contributed by atoms with Crippen LogP contribution in [0.3, 0.4) is 0 Å². The van der Waals surface area contributed by atoms with Gasteiger partial charge in [0.2, 0.25) is 0 Å². The molecule has 0 N–H and O–H groups in total. The highest BCUT2D eigenvalue weighted by Crippen LogP contribution is 2.51. The van der Waals surface area contributed by atoms with Crippen LogP contribution in [0.1, 0.15) is 34.3 Å². The third-order valence-corrected chi connectivity index (χ3v) is 8.25. The van der Waals surface area contributed by atoms with Gasteiger partial charge in [-0.15, -0.1) is 0 Å². The monoisotopic (exact) mass is 647 g/mol. The van der Waals surface area contributed by atoms with Crippen molar-refractivity contribution in [1.29, 1.82) is 0 Å². The highest BCUT2D eigenvalue weighted by Gasteiger charge is 2.25. The Balaban J connectivity index is 1.64. The number of fused-ring (bicyclic) bond motifs is 6. The Kier molecular flexibility index (Phi) is 2.84. The predicted molar refractivity (Wildman–Crippen MR) is 208 cm³/mol. The number of benzene rings is 9. The van der Waals surface area contributed by atoms with Crippen LogP contribution in [0.15, 0.2) is 186 Å². The van der Waals surface area contributed by atoms with E-state index in [1.165, 1.54) is 12.1 Å². The molecule has 0 radical (unpaired) electrons. The van der Waals surface area contributed by atoms with E-state index in [0.717, 1.165) is 0 Å². The molecule has 10 rings (SSSR count). The van der Waals surface area contributed by atoms with Gasteiger partial charge in [-0.2, -0.15) is 0 Å². The molecule has 1 aromatic heterocycles. The zero-order valence-electron chi connectivity index (χ0n) is 49.8. The summed E-state index contributed by atoms with van der Waals surface area (Å²) in [7, 11) is 0. The second-order valence-electron chi connectivity index (χ2n) is 10.9. The van der Waals surface area contributed by atoms with E-state index in [9.17, 15) is 13.7 Å². The summed E-state index contributed by atoms with van der Waals surface area (Å²) in [6, 6.07) is -14.1. The van der Waals surface area contributed by atoms with Crippen LogP contribution in [0, 0.1) is 0 Å². The standard InChI is InChI=1S/C48H30O/c1-3-15-31(16-4-1)33-27-28-44-43(29-33)47(48(49-44)42-30-34-19-7-8-20-35(34)36-21-9-10-22-37(36)42)46-40-25-13-11-23-38(40)45(32-17-5-2-6-18-32)39-24-12-14-26-41(39)46/h1-30H/i1D,3D,4D,7D,8D,9D,10D,11D,12D,13D,14D,15D,16D,19D,20D,21D,22D,23D,24D,25D,26D,27D,28D,29D,30D. The summed E-state index contributed by atoms with van der Waals surface area (Å²) in [6.07, 6.45) is 0. The fraction of sp³-hybridized carbons (Fsp3) is 0. The molecule has 0 saturated heterocycles. The number of rotatable bonds is 4. The molecule has 49 heavy (non-hydrogen) atoms. The smallest absolute Gasteiger partial charge is 0.143 e. The molecule has 1 heteroatoms. The zero-order valence-corrected chi connectivity index (χ0v) is 24.8. The van der Waals surface area contributed by atoms with Crippen LogP contribution in [0.25, 0.3) is 98.8 Å². The lowest BCUT2D eigenvalue weighted by Gasteiger charge is -2.18. The second-order valence-corrected chi connectivity index (χ2v) is 10.9. The van der Waals surface area contributed by atoms with Crippen LogP contribution in [0.2, 0.25) is 0 Å². The highest BCUT2D eigenvalue weighted by molar-refractivity contribution is 6.26. The van der Waals surface area contributed by atoms with Gasteiger partial charge in [-0.05, 0) is 83.5 Å². The zero-order chi connectivity index (χ0) is 54.1. The maximum absolute atomic E-state index is 10.0. The summed E-state index contributed by atoms with van der Waals surface area (Å²) in [4.78, 5) is 0. The first-order valence-electron chi connectivity index (χ1n) is 27.3. The van der Waals surface area contributed by atoms with Crippen molar-refractivity contribution in [3.8, 4) is 44.7 Å². The minimum atomic E-state index is -0.968. The average molecular weight is 648 g/mol. The maximum atomic E-state index is 10.0. The first-order chi connectivity index (χ1) is 34.7. The summed E-state index contributed by atoms with van der Waals surface area (Å²) < 4.78 is 234. The van der Waals surface area contributed by atoms with E-state index in [1.54, 1.807) is 18.2 Å². The van der Waals surface area contributed by atoms with E-state index in [2.05, 4.69) is 0 Å². The molecule has 228 valence electrons. The van der Waals surface area contributed by atoms with Crippen molar-refractivity contribution in [2.24, 2.45) is 0 Å². The number of hydrogen-bond donors (Lipinski definition) is 0. The molecular weight excluding hydrogens is 593 g/mol. The molecule has 0 aliphatic rings. The average Bonchev–Trinajstić information content (AvgIpc) is 3.78. The Morgan fingerprint density at radius 2 is 0.939 bits per heavy atom. The van der Waals surface area contributed by atoms with Gasteiger partial charge < -0.3 is 4.42 Å². The molecule has 0 saturated carbocycles. The lowest BCUT2D eigenvalue weighted by molar-refractivity contribution is 0.633. The first kappa shape index (κ1) is 12.5. The van der Waals surface area contributed by atoms with Gasteiger partial charge in [0, 0.05) is 22.1 Å². The molecule has 10 aromatic rings. The van der Waals surface area contributed by atoms with E-state index < -0.39 is 228 Å². The van der Waals surface area contributed by atoms with Crippen LogP contribution in [-0.4, -0.2) is 0 Å². The summed E-state index contributed by atoms with van der Waals surface area (Å²) >= 11 is 0. The van der Waals surface area contributed by atoms with E-state index >= 15 is 0 Å². The van der Waals surface area contributed by atoms with Crippen LogP contribution in [0.5, 0.6) is 0 Å². The molecular formula is C48H30O. The van der Waals surface area contributed by atoms with Crippen molar-refractivity contribution in [3.63, 3.8) is 0 Å². The summed E-state index contributed by atoms with van der Waals surface area (Å²) in [6.45, 7) is 0. The van der Waals surface area contributed by atoms with Gasteiger partial charge in [0.25, 0.3) is 0 Å². The van der Waals surface area contributed by atoms with Crippen molar-refractivity contribution in [3.05, 3.63) is 181 Å². The summed E-state index contributed by atoms with van der Waals surface area (Å²) in [5.74, 6) is -0.830. The van der Waals surface area contributed by atoms with Gasteiger partial charge in [0.15, 0.2) is 0 Å². The van der Waals surface area contributed by atoms with Crippen molar-refractivity contribution in [2.75, 3.05) is 0 Å². The third-order valence-electron chi connectivity index (χ3n) is 8.25. The Morgan fingerprint density at radius 1 is 0.367 bits per heavy atom. The van der Waals surface area contributed by atoms with Gasteiger partial charge in [0.1, 0.15) is 11.3 Å². The van der Waals surface area contributed by atoms with Crippen molar-refractivity contribution in [2.45, 2.75) is 0 Å². The highest BCUT2D eigenvalue weighted by atomic mass is 16.3.